The SMILES string of the molecule is Cc1cccc(C(=O)Nc2ccc(Cl)cn2)c1O. The first kappa shape index (κ1) is 12.4. The maximum Gasteiger partial charge on any atom is 0.260 e. The molecule has 0 radical (unpaired) electrons. The lowest BCUT2D eigenvalue weighted by Gasteiger charge is -2.07. The van der Waals surface area contributed by atoms with Crippen LogP contribution in [0.2, 0.25) is 5.02 Å². The molecule has 1 aromatic carbocycles. The topological polar surface area (TPSA) is 62.2 Å². The Balaban J connectivity index is 2.22. The largest absolute Gasteiger partial charge is 0.507 e. The van der Waals surface area contributed by atoms with Crippen LogP contribution in [-0.4, -0.2) is 16.0 Å². The number of anilines is 1. The van der Waals surface area contributed by atoms with Crippen molar-refractivity contribution >= 4 is 23.3 Å². The number of rotatable bonds is 2. The Hall–Kier alpha value is -2.07. The first-order chi connectivity index (χ1) is 8.58. The van der Waals surface area contributed by atoms with E-state index in [4.69, 9.17) is 11.6 Å². The van der Waals surface area contributed by atoms with Crippen LogP contribution in [0.1, 0.15) is 15.9 Å². The van der Waals surface area contributed by atoms with Crippen molar-refractivity contribution in [2.24, 2.45) is 0 Å². The standard InChI is InChI=1S/C13H11ClN2O2/c1-8-3-2-4-10(12(8)17)13(18)16-11-6-5-9(14)7-15-11/h2-7,17H,1H3,(H,15,16,18). The van der Waals surface area contributed by atoms with Gasteiger partial charge >= 0.3 is 0 Å². The van der Waals surface area contributed by atoms with E-state index >= 15 is 0 Å². The molecule has 0 atom stereocenters. The maximum atomic E-state index is 11.9. The molecule has 0 bridgehead atoms. The molecular formula is C13H11ClN2O2. The number of amides is 1. The van der Waals surface area contributed by atoms with Crippen molar-refractivity contribution in [2.75, 3.05) is 5.32 Å². The molecule has 4 nitrogen and oxygen atoms in total. The number of aryl methyl sites for hydroxylation is 1. The van der Waals surface area contributed by atoms with Crippen LogP contribution in [-0.2, 0) is 0 Å². The third-order valence-corrected chi connectivity index (χ3v) is 2.67. The average Bonchev–Trinajstić information content (AvgIpc) is 2.35. The van der Waals surface area contributed by atoms with Gasteiger partial charge in [-0.25, -0.2) is 4.98 Å². The molecule has 5 heteroatoms. The number of benzene rings is 1. The van der Waals surface area contributed by atoms with E-state index in [2.05, 4.69) is 10.3 Å². The summed E-state index contributed by atoms with van der Waals surface area (Å²) in [6.07, 6.45) is 1.44. The minimum atomic E-state index is -0.411. The average molecular weight is 263 g/mol. The van der Waals surface area contributed by atoms with E-state index in [-0.39, 0.29) is 11.3 Å². The van der Waals surface area contributed by atoms with Crippen LogP contribution in [0.5, 0.6) is 5.75 Å². The van der Waals surface area contributed by atoms with Crippen molar-refractivity contribution in [3.63, 3.8) is 0 Å². The van der Waals surface area contributed by atoms with Crippen LogP contribution >= 0.6 is 11.6 Å². The normalized spacial score (nSPS) is 10.1. The molecule has 92 valence electrons. The highest BCUT2D eigenvalue weighted by Crippen LogP contribution is 2.22. The lowest BCUT2D eigenvalue weighted by Crippen LogP contribution is -2.13. The minimum absolute atomic E-state index is 0.0241. The number of hydrogen-bond donors (Lipinski definition) is 2. The number of aromatic hydroxyl groups is 1. The first-order valence-corrected chi connectivity index (χ1v) is 5.67. The van der Waals surface area contributed by atoms with Crippen LogP contribution in [0.25, 0.3) is 0 Å². The number of nitrogens with one attached hydrogen (secondary N) is 1. The van der Waals surface area contributed by atoms with Gasteiger partial charge in [-0.3, -0.25) is 4.79 Å². The highest BCUT2D eigenvalue weighted by atomic mass is 35.5. The number of carbonyl (C=O) groups excluding carboxylic acids is 1. The fourth-order valence-electron chi connectivity index (χ4n) is 1.48. The second kappa shape index (κ2) is 5.06. The summed E-state index contributed by atoms with van der Waals surface area (Å²) in [7, 11) is 0. The quantitative estimate of drug-likeness (QED) is 0.875. The molecule has 0 aliphatic heterocycles. The van der Waals surface area contributed by atoms with Crippen molar-refractivity contribution in [1.82, 2.24) is 4.98 Å². The van der Waals surface area contributed by atoms with Gasteiger partial charge in [-0.1, -0.05) is 23.7 Å². The van der Waals surface area contributed by atoms with Crippen LogP contribution in [0.15, 0.2) is 36.5 Å². The number of aromatic nitrogens is 1. The van der Waals surface area contributed by atoms with Crippen molar-refractivity contribution < 1.29 is 9.90 Å². The van der Waals surface area contributed by atoms with Crippen LogP contribution < -0.4 is 5.32 Å². The Kier molecular flexibility index (Phi) is 3.48. The van der Waals surface area contributed by atoms with Gasteiger partial charge < -0.3 is 10.4 Å². The molecule has 2 N–H and O–H groups in total. The van der Waals surface area contributed by atoms with E-state index in [9.17, 15) is 9.90 Å². The summed E-state index contributed by atoms with van der Waals surface area (Å²) >= 11 is 5.70. The molecule has 2 aromatic rings. The second-order valence-electron chi connectivity index (χ2n) is 3.79. The highest BCUT2D eigenvalue weighted by molar-refractivity contribution is 6.30. The lowest BCUT2D eigenvalue weighted by atomic mass is 10.1. The molecule has 18 heavy (non-hydrogen) atoms. The fraction of sp³-hybridized carbons (Fsp3) is 0.0769. The van der Waals surface area contributed by atoms with Crippen molar-refractivity contribution in [3.05, 3.63) is 52.7 Å². The van der Waals surface area contributed by atoms with E-state index in [1.165, 1.54) is 6.20 Å². The van der Waals surface area contributed by atoms with E-state index in [0.717, 1.165) is 0 Å². The van der Waals surface area contributed by atoms with Gasteiger partial charge in [0.1, 0.15) is 11.6 Å². The van der Waals surface area contributed by atoms with Crippen molar-refractivity contribution in [2.45, 2.75) is 6.92 Å². The third kappa shape index (κ3) is 2.60. The maximum absolute atomic E-state index is 11.9. The van der Waals surface area contributed by atoms with E-state index in [1.54, 1.807) is 37.3 Å². The van der Waals surface area contributed by atoms with Crippen molar-refractivity contribution in [3.8, 4) is 5.75 Å². The van der Waals surface area contributed by atoms with Gasteiger partial charge in [0.15, 0.2) is 0 Å². The summed E-state index contributed by atoms with van der Waals surface area (Å²) in [6, 6.07) is 8.20. The van der Waals surface area contributed by atoms with Crippen LogP contribution in [0.3, 0.4) is 0 Å². The molecule has 1 aromatic heterocycles. The summed E-state index contributed by atoms with van der Waals surface area (Å²) in [5.41, 5.74) is 0.860. The van der Waals surface area contributed by atoms with Gasteiger partial charge in [0.05, 0.1) is 10.6 Å². The van der Waals surface area contributed by atoms with Gasteiger partial charge in [-0.2, -0.15) is 0 Å². The Morgan fingerprint density at radius 1 is 1.33 bits per heavy atom. The van der Waals surface area contributed by atoms with Gasteiger partial charge in [-0.15, -0.1) is 0 Å². The molecule has 0 aliphatic carbocycles. The van der Waals surface area contributed by atoms with Gasteiger partial charge in [0, 0.05) is 6.20 Å². The minimum Gasteiger partial charge on any atom is -0.507 e. The van der Waals surface area contributed by atoms with Crippen LogP contribution in [0, 0.1) is 6.92 Å². The number of para-hydroxylation sites is 1. The molecule has 2 rings (SSSR count). The molecular weight excluding hydrogens is 252 g/mol. The molecule has 0 unspecified atom stereocenters. The predicted octanol–water partition coefficient (Wildman–Crippen LogP) is 3.00. The van der Waals surface area contributed by atoms with Gasteiger partial charge in [-0.05, 0) is 30.7 Å². The summed E-state index contributed by atoms with van der Waals surface area (Å²) in [5, 5.41) is 12.9. The Morgan fingerprint density at radius 3 is 2.78 bits per heavy atom. The number of hydrogen-bond acceptors (Lipinski definition) is 3. The van der Waals surface area contributed by atoms with Crippen LogP contribution in [0.4, 0.5) is 5.82 Å². The molecule has 0 spiro atoms. The lowest BCUT2D eigenvalue weighted by molar-refractivity contribution is 0.102. The van der Waals surface area contributed by atoms with E-state index in [0.29, 0.717) is 16.4 Å². The summed E-state index contributed by atoms with van der Waals surface area (Å²) in [5.74, 6) is -0.0553. The van der Waals surface area contributed by atoms with Crippen molar-refractivity contribution in [1.29, 1.82) is 0 Å². The third-order valence-electron chi connectivity index (χ3n) is 2.45. The molecule has 0 fully saturated rings. The highest BCUT2D eigenvalue weighted by Gasteiger charge is 2.12. The first-order valence-electron chi connectivity index (χ1n) is 5.29. The predicted molar refractivity (Wildman–Crippen MR) is 70.0 cm³/mol. The van der Waals surface area contributed by atoms with E-state index in [1.807, 2.05) is 0 Å². The zero-order chi connectivity index (χ0) is 13.1. The number of phenolic OH excluding ortho intramolecular Hbond substituents is 1. The molecule has 0 saturated heterocycles. The number of pyridine rings is 1. The number of phenols is 1. The summed E-state index contributed by atoms with van der Waals surface area (Å²) in [6.45, 7) is 1.73. The molecule has 1 amide bonds. The van der Waals surface area contributed by atoms with E-state index < -0.39 is 5.91 Å². The number of halogens is 1. The Bertz CT molecular complexity index is 582. The molecule has 0 saturated carbocycles. The number of carbonyl (C=O) groups is 1. The Morgan fingerprint density at radius 2 is 2.11 bits per heavy atom. The fourth-order valence-corrected chi connectivity index (χ4v) is 1.59. The zero-order valence-electron chi connectivity index (χ0n) is 9.64. The number of nitrogens with zero attached hydrogens (tertiary/aromatic N) is 1. The molecule has 0 aliphatic rings. The summed E-state index contributed by atoms with van der Waals surface area (Å²) in [4.78, 5) is 15.9. The molecule has 1 heterocycles. The van der Waals surface area contributed by atoms with Gasteiger partial charge in [0.25, 0.3) is 5.91 Å². The monoisotopic (exact) mass is 262 g/mol. The summed E-state index contributed by atoms with van der Waals surface area (Å²) < 4.78 is 0. The second-order valence-corrected chi connectivity index (χ2v) is 4.22. The van der Waals surface area contributed by atoms with Gasteiger partial charge in [0.2, 0.25) is 0 Å². The smallest absolute Gasteiger partial charge is 0.260 e. The Labute approximate surface area is 109 Å². The zero-order valence-corrected chi connectivity index (χ0v) is 10.4.